The number of anilines is 1. The predicted molar refractivity (Wildman–Crippen MR) is 95.5 cm³/mol. The number of benzene rings is 1. The number of fused-ring (bicyclic) bond motifs is 1. The molecular formula is C18H19N5O4. The van der Waals surface area contributed by atoms with Crippen LogP contribution in [0.25, 0.3) is 11.2 Å². The zero-order valence-corrected chi connectivity index (χ0v) is 14.5. The second-order valence-electron chi connectivity index (χ2n) is 6.21. The van der Waals surface area contributed by atoms with Crippen LogP contribution >= 0.6 is 0 Å². The minimum atomic E-state index is -0.709. The maximum Gasteiger partial charge on any atom is 0.508 e. The average Bonchev–Trinajstić information content (AvgIpc) is 3.33. The van der Waals surface area contributed by atoms with Gasteiger partial charge in [-0.1, -0.05) is 30.3 Å². The fourth-order valence-electron chi connectivity index (χ4n) is 3.01. The van der Waals surface area contributed by atoms with E-state index in [4.69, 9.17) is 19.9 Å². The number of carbonyl (C=O) groups is 1. The van der Waals surface area contributed by atoms with Gasteiger partial charge in [-0.25, -0.2) is 19.7 Å². The highest BCUT2D eigenvalue weighted by molar-refractivity contribution is 5.81. The molecule has 3 aromatic rings. The second-order valence-corrected chi connectivity index (χ2v) is 6.21. The van der Waals surface area contributed by atoms with E-state index in [1.54, 1.807) is 6.33 Å². The minimum Gasteiger partial charge on any atom is -0.432 e. The number of nitrogen functional groups attached to an aromatic ring is 1. The summed E-state index contributed by atoms with van der Waals surface area (Å²) < 4.78 is 18.0. The normalized spacial score (nSPS) is 19.3. The maximum absolute atomic E-state index is 11.7. The first kappa shape index (κ1) is 17.2. The summed E-state index contributed by atoms with van der Waals surface area (Å²) in [5, 5.41) is 0. The van der Waals surface area contributed by atoms with Crippen molar-refractivity contribution < 1.29 is 19.0 Å². The number of aromatic nitrogens is 4. The monoisotopic (exact) mass is 369 g/mol. The van der Waals surface area contributed by atoms with Crippen molar-refractivity contribution >= 4 is 23.1 Å². The molecule has 0 unspecified atom stereocenters. The quantitative estimate of drug-likeness (QED) is 0.682. The van der Waals surface area contributed by atoms with E-state index in [-0.39, 0.29) is 25.5 Å². The molecule has 9 nitrogen and oxygen atoms in total. The minimum absolute atomic E-state index is 0.133. The summed E-state index contributed by atoms with van der Waals surface area (Å²) in [7, 11) is 0. The van der Waals surface area contributed by atoms with Crippen molar-refractivity contribution in [2.24, 2.45) is 0 Å². The smallest absolute Gasteiger partial charge is 0.432 e. The van der Waals surface area contributed by atoms with Gasteiger partial charge in [0.1, 0.15) is 31.3 Å². The molecule has 1 aliphatic rings. The zero-order valence-electron chi connectivity index (χ0n) is 14.5. The molecule has 3 heterocycles. The molecule has 0 spiro atoms. The maximum atomic E-state index is 11.7. The number of carbonyl (C=O) groups excluding carboxylic acids is 1. The van der Waals surface area contributed by atoms with Crippen LogP contribution in [0.4, 0.5) is 10.6 Å². The molecule has 27 heavy (non-hydrogen) atoms. The molecule has 4 rings (SSSR count). The number of rotatable bonds is 5. The van der Waals surface area contributed by atoms with Gasteiger partial charge in [-0.15, -0.1) is 0 Å². The third kappa shape index (κ3) is 3.82. The Morgan fingerprint density at radius 1 is 1.19 bits per heavy atom. The summed E-state index contributed by atoms with van der Waals surface area (Å²) in [6.07, 6.45) is 3.37. The molecule has 0 aliphatic carbocycles. The number of hydrogen-bond donors (Lipinski definition) is 1. The first-order valence-corrected chi connectivity index (χ1v) is 8.62. The van der Waals surface area contributed by atoms with E-state index in [9.17, 15) is 4.79 Å². The molecule has 1 aromatic carbocycles. The lowest BCUT2D eigenvalue weighted by Crippen LogP contribution is -2.20. The SMILES string of the molecule is Nc1ncnc2c1ncn2[C@H]1CC[C@@H](COC(=O)OCc2ccccc2)O1. The third-order valence-electron chi connectivity index (χ3n) is 4.37. The summed E-state index contributed by atoms with van der Waals surface area (Å²) in [4.78, 5) is 24.1. The van der Waals surface area contributed by atoms with Gasteiger partial charge in [-0.05, 0) is 18.4 Å². The first-order chi connectivity index (χ1) is 13.2. The van der Waals surface area contributed by atoms with Gasteiger partial charge in [0.15, 0.2) is 11.5 Å². The topological polar surface area (TPSA) is 114 Å². The molecule has 1 fully saturated rings. The lowest BCUT2D eigenvalue weighted by molar-refractivity contribution is -0.0381. The van der Waals surface area contributed by atoms with Gasteiger partial charge >= 0.3 is 6.16 Å². The van der Waals surface area contributed by atoms with Crippen molar-refractivity contribution in [1.82, 2.24) is 19.5 Å². The van der Waals surface area contributed by atoms with Crippen molar-refractivity contribution in [2.75, 3.05) is 12.3 Å². The van der Waals surface area contributed by atoms with Gasteiger partial charge in [-0.3, -0.25) is 4.57 Å². The molecule has 2 atom stereocenters. The molecule has 0 saturated carbocycles. The molecular weight excluding hydrogens is 350 g/mol. The predicted octanol–water partition coefficient (Wildman–Crippen LogP) is 2.44. The van der Waals surface area contributed by atoms with E-state index < -0.39 is 6.16 Å². The summed E-state index contributed by atoms with van der Waals surface area (Å²) in [6.45, 7) is 0.309. The Labute approximate surface area is 155 Å². The van der Waals surface area contributed by atoms with Crippen LogP contribution in [-0.2, 0) is 20.8 Å². The van der Waals surface area contributed by atoms with Gasteiger partial charge in [-0.2, -0.15) is 0 Å². The Balaban J connectivity index is 1.28. The van der Waals surface area contributed by atoms with Crippen LogP contribution in [0.15, 0.2) is 43.0 Å². The third-order valence-corrected chi connectivity index (χ3v) is 4.37. The van der Waals surface area contributed by atoms with E-state index in [2.05, 4.69) is 15.0 Å². The highest BCUT2D eigenvalue weighted by Gasteiger charge is 2.29. The molecule has 2 N–H and O–H groups in total. The highest BCUT2D eigenvalue weighted by Crippen LogP contribution is 2.31. The van der Waals surface area contributed by atoms with Gasteiger partial charge < -0.3 is 19.9 Å². The fourth-order valence-corrected chi connectivity index (χ4v) is 3.01. The largest absolute Gasteiger partial charge is 0.508 e. The molecule has 2 aromatic heterocycles. The Hall–Kier alpha value is -3.20. The van der Waals surface area contributed by atoms with Crippen LogP contribution in [-0.4, -0.2) is 38.4 Å². The van der Waals surface area contributed by atoms with Gasteiger partial charge in [0.2, 0.25) is 0 Å². The average molecular weight is 369 g/mol. The van der Waals surface area contributed by atoms with Crippen molar-refractivity contribution in [3.63, 3.8) is 0 Å². The van der Waals surface area contributed by atoms with Crippen LogP contribution in [0.2, 0.25) is 0 Å². The van der Waals surface area contributed by atoms with Crippen molar-refractivity contribution in [2.45, 2.75) is 31.8 Å². The lowest BCUT2D eigenvalue weighted by Gasteiger charge is -2.15. The number of ether oxygens (including phenoxy) is 3. The van der Waals surface area contributed by atoms with Crippen LogP contribution in [0.5, 0.6) is 0 Å². The Morgan fingerprint density at radius 2 is 2.04 bits per heavy atom. The van der Waals surface area contributed by atoms with Crippen LogP contribution < -0.4 is 5.73 Å². The van der Waals surface area contributed by atoms with Gasteiger partial charge in [0, 0.05) is 0 Å². The highest BCUT2D eigenvalue weighted by atomic mass is 16.7. The summed E-state index contributed by atoms with van der Waals surface area (Å²) >= 11 is 0. The lowest BCUT2D eigenvalue weighted by atomic mass is 10.2. The van der Waals surface area contributed by atoms with E-state index in [1.807, 2.05) is 34.9 Å². The van der Waals surface area contributed by atoms with Crippen molar-refractivity contribution in [3.05, 3.63) is 48.5 Å². The molecule has 0 amide bonds. The summed E-state index contributed by atoms with van der Waals surface area (Å²) in [6, 6.07) is 9.43. The zero-order chi connectivity index (χ0) is 18.6. The van der Waals surface area contributed by atoms with Crippen LogP contribution in [0.1, 0.15) is 24.6 Å². The molecule has 1 saturated heterocycles. The Bertz CT molecular complexity index is 930. The first-order valence-electron chi connectivity index (χ1n) is 8.62. The standard InChI is InChI=1S/C18H19N5O4/c19-16-15-17(21-10-20-16)23(11-22-15)14-7-6-13(27-14)9-26-18(24)25-8-12-4-2-1-3-5-12/h1-5,10-11,13-14H,6-9H2,(H2,19,20,21)/t13-,14+/m0/s1. The van der Waals surface area contributed by atoms with Crippen LogP contribution in [0.3, 0.4) is 0 Å². The second kappa shape index (κ2) is 7.58. The molecule has 0 radical (unpaired) electrons. The Kier molecular flexibility index (Phi) is 4.84. The van der Waals surface area contributed by atoms with Crippen LogP contribution in [0, 0.1) is 0 Å². The summed E-state index contributed by atoms with van der Waals surface area (Å²) in [5.74, 6) is 0.331. The van der Waals surface area contributed by atoms with E-state index in [1.165, 1.54) is 6.33 Å². The number of nitrogens with two attached hydrogens (primary N) is 1. The number of hydrogen-bond acceptors (Lipinski definition) is 8. The van der Waals surface area contributed by atoms with Gasteiger partial charge in [0.05, 0.1) is 12.4 Å². The van der Waals surface area contributed by atoms with E-state index in [0.29, 0.717) is 17.0 Å². The summed E-state index contributed by atoms with van der Waals surface area (Å²) in [5.41, 5.74) is 7.88. The fraction of sp³-hybridized carbons (Fsp3) is 0.333. The van der Waals surface area contributed by atoms with Crippen molar-refractivity contribution in [1.29, 1.82) is 0 Å². The number of imidazole rings is 1. The van der Waals surface area contributed by atoms with E-state index >= 15 is 0 Å². The molecule has 9 heteroatoms. The molecule has 0 bridgehead atoms. The van der Waals surface area contributed by atoms with Gasteiger partial charge in [0.25, 0.3) is 0 Å². The van der Waals surface area contributed by atoms with Crippen molar-refractivity contribution in [3.8, 4) is 0 Å². The molecule has 1 aliphatic heterocycles. The number of nitrogens with zero attached hydrogens (tertiary/aromatic N) is 4. The molecule has 140 valence electrons. The Morgan fingerprint density at radius 3 is 2.89 bits per heavy atom. The van der Waals surface area contributed by atoms with E-state index in [0.717, 1.165) is 18.4 Å².